The van der Waals surface area contributed by atoms with Crippen LogP contribution in [-0.2, 0) is 23.7 Å². The molecule has 206 valence electrons. The Labute approximate surface area is 222 Å². The van der Waals surface area contributed by atoms with Crippen LogP contribution in [0.2, 0.25) is 5.15 Å². The molecule has 0 amide bonds. The predicted molar refractivity (Wildman–Crippen MR) is 136 cm³/mol. The maximum atomic E-state index is 10.0. The molecule has 3 aliphatic rings. The highest BCUT2D eigenvalue weighted by Crippen LogP contribution is 2.44. The molecule has 0 spiro atoms. The van der Waals surface area contributed by atoms with Crippen molar-refractivity contribution in [3.05, 3.63) is 23.7 Å². The average Bonchev–Trinajstić information content (AvgIpc) is 3.45. The molecule has 5 heterocycles. The van der Waals surface area contributed by atoms with Crippen LogP contribution in [0.1, 0.15) is 47.3 Å². The first-order chi connectivity index (χ1) is 17.5. The summed E-state index contributed by atoms with van der Waals surface area (Å²) in [5.74, 6) is -0.708. The molecule has 3 fully saturated rings. The van der Waals surface area contributed by atoms with Gasteiger partial charge in [-0.15, -0.1) is 0 Å². The number of aliphatic hydroxyl groups excluding tert-OH is 1. The lowest BCUT2D eigenvalue weighted by Crippen LogP contribution is -2.49. The number of hydrogen-bond donors (Lipinski definition) is 2. The van der Waals surface area contributed by atoms with E-state index in [1.54, 1.807) is 0 Å². The molecule has 5 rings (SSSR count). The van der Waals surface area contributed by atoms with Crippen LogP contribution in [0.25, 0.3) is 11.0 Å². The van der Waals surface area contributed by atoms with E-state index < -0.39 is 24.0 Å². The van der Waals surface area contributed by atoms with Gasteiger partial charge in [-0.1, -0.05) is 11.6 Å². The number of aliphatic hydroxyl groups is 1. The molecule has 2 aromatic heterocycles. The molecule has 0 bridgehead atoms. The highest BCUT2D eigenvalue weighted by atomic mass is 35.5. The van der Waals surface area contributed by atoms with Crippen LogP contribution in [0.3, 0.4) is 0 Å². The Morgan fingerprint density at radius 3 is 2.84 bits per heavy atom. The molecule has 0 radical (unpaired) electrons. The van der Waals surface area contributed by atoms with Gasteiger partial charge in [-0.2, -0.15) is 0 Å². The van der Waals surface area contributed by atoms with E-state index in [4.69, 9.17) is 35.3 Å². The minimum Gasteiger partial charge on any atom is -0.376 e. The first kappa shape index (κ1) is 27.2. The van der Waals surface area contributed by atoms with Crippen LogP contribution in [0.5, 0.6) is 0 Å². The third-order valence-corrected chi connectivity index (χ3v) is 7.07. The molecule has 12 heteroatoms. The molecule has 3 saturated heterocycles. The van der Waals surface area contributed by atoms with Crippen LogP contribution in [0.15, 0.2) is 18.6 Å². The van der Waals surface area contributed by atoms with Crippen LogP contribution in [0, 0.1) is 0 Å². The van der Waals surface area contributed by atoms with Gasteiger partial charge in [0.1, 0.15) is 35.4 Å². The molecule has 37 heavy (non-hydrogen) atoms. The largest absolute Gasteiger partial charge is 0.376 e. The fourth-order valence-electron chi connectivity index (χ4n) is 5.30. The molecular formula is C25H38ClN5O6. The molecule has 0 aliphatic carbocycles. The third kappa shape index (κ3) is 6.26. The quantitative estimate of drug-likeness (QED) is 0.382. The van der Waals surface area contributed by atoms with E-state index in [0.717, 1.165) is 24.9 Å². The highest BCUT2D eigenvalue weighted by molar-refractivity contribution is 6.33. The normalized spacial score (nSPS) is 31.2. The van der Waals surface area contributed by atoms with Crippen LogP contribution in [0.4, 0.5) is 0 Å². The number of fused-ring (bicyclic) bond motifs is 2. The molecular weight excluding hydrogens is 502 g/mol. The number of aromatic nitrogens is 3. The Morgan fingerprint density at radius 2 is 2.05 bits per heavy atom. The second-order valence-electron chi connectivity index (χ2n) is 11.3. The monoisotopic (exact) mass is 539 g/mol. The van der Waals surface area contributed by atoms with Gasteiger partial charge < -0.3 is 33.4 Å². The van der Waals surface area contributed by atoms with Gasteiger partial charge in [0, 0.05) is 32.4 Å². The van der Waals surface area contributed by atoms with E-state index in [-0.39, 0.29) is 24.4 Å². The minimum atomic E-state index is -1.01. The van der Waals surface area contributed by atoms with Gasteiger partial charge in [0.15, 0.2) is 12.0 Å². The van der Waals surface area contributed by atoms with Gasteiger partial charge in [-0.25, -0.2) is 9.97 Å². The van der Waals surface area contributed by atoms with E-state index in [9.17, 15) is 5.11 Å². The van der Waals surface area contributed by atoms with Crippen molar-refractivity contribution in [1.82, 2.24) is 24.8 Å². The number of hydrogen-bond acceptors (Lipinski definition) is 10. The summed E-state index contributed by atoms with van der Waals surface area (Å²) in [6.45, 7) is 13.1. The number of halogens is 1. The fourth-order valence-corrected chi connectivity index (χ4v) is 5.49. The van der Waals surface area contributed by atoms with Crippen LogP contribution < -0.4 is 5.32 Å². The maximum Gasteiger partial charge on any atom is 0.214 e. The van der Waals surface area contributed by atoms with Gasteiger partial charge in [-0.05, 0) is 47.1 Å². The Hall–Kier alpha value is -1.41. The first-order valence-electron chi connectivity index (χ1n) is 12.9. The molecule has 3 aliphatic heterocycles. The number of nitrogens with one attached hydrogen (secondary N) is 1. The van der Waals surface area contributed by atoms with Gasteiger partial charge >= 0.3 is 0 Å². The van der Waals surface area contributed by atoms with Gasteiger partial charge in [0.2, 0.25) is 6.41 Å². The SMILES string of the molecule is CC(C)(C)OC(O)NCCC1CN(C[C@H]2O[C@@H](n3ccc4c(Cl)ncnc43)[C@@H]3OC(C)(C)O[C@@H]32)CCO1. The van der Waals surface area contributed by atoms with Crippen LogP contribution in [-0.4, -0.2) is 99.5 Å². The molecule has 2 aromatic rings. The van der Waals surface area contributed by atoms with E-state index in [0.29, 0.717) is 30.5 Å². The van der Waals surface area contributed by atoms with Crippen molar-refractivity contribution in [2.45, 2.75) is 89.5 Å². The summed E-state index contributed by atoms with van der Waals surface area (Å²) in [5, 5.41) is 14.2. The second-order valence-corrected chi connectivity index (χ2v) is 11.7. The lowest BCUT2D eigenvalue weighted by Gasteiger charge is -2.35. The van der Waals surface area contributed by atoms with E-state index in [1.165, 1.54) is 6.33 Å². The smallest absolute Gasteiger partial charge is 0.214 e. The Bertz CT molecular complexity index is 1080. The number of nitrogens with zero attached hydrogens (tertiary/aromatic N) is 4. The number of ether oxygens (including phenoxy) is 5. The highest BCUT2D eigenvalue weighted by Gasteiger charge is 2.56. The summed E-state index contributed by atoms with van der Waals surface area (Å²) < 4.78 is 32.7. The molecule has 6 atom stereocenters. The predicted octanol–water partition coefficient (Wildman–Crippen LogP) is 2.27. The van der Waals surface area contributed by atoms with Gasteiger partial charge in [0.25, 0.3) is 0 Å². The summed E-state index contributed by atoms with van der Waals surface area (Å²) in [5.41, 5.74) is 0.281. The Morgan fingerprint density at radius 1 is 1.27 bits per heavy atom. The lowest BCUT2D eigenvalue weighted by molar-refractivity contribution is -0.199. The average molecular weight is 540 g/mol. The zero-order valence-corrected chi connectivity index (χ0v) is 22.8. The molecule has 0 aromatic carbocycles. The van der Waals surface area contributed by atoms with Crippen molar-refractivity contribution in [2.75, 3.05) is 32.8 Å². The molecule has 2 N–H and O–H groups in total. The van der Waals surface area contributed by atoms with Crippen LogP contribution >= 0.6 is 11.6 Å². The molecule has 11 nitrogen and oxygen atoms in total. The topological polar surface area (TPSA) is 112 Å². The maximum absolute atomic E-state index is 10.0. The number of morpholine rings is 1. The summed E-state index contributed by atoms with van der Waals surface area (Å²) >= 11 is 6.28. The standard InChI is InChI=1S/C25H38ClN5O6/c1-24(2,3)37-23(32)27-8-6-15-12-30(10-11-33-15)13-17-18-19(36-25(4,5)35-18)22(34-17)31-9-7-16-20(26)28-14-29-21(16)31/h7,9,14-15,17-19,22-23,27,32H,6,8,10-13H2,1-5H3/t15?,17-,18-,19-,22-,23?/m1/s1. The van der Waals surface area contributed by atoms with Crippen molar-refractivity contribution in [3.8, 4) is 0 Å². The second kappa shape index (κ2) is 10.6. The van der Waals surface area contributed by atoms with E-state index in [1.807, 2.05) is 51.4 Å². The fraction of sp³-hybridized carbons (Fsp3) is 0.760. The lowest BCUT2D eigenvalue weighted by atomic mass is 10.1. The first-order valence-corrected chi connectivity index (χ1v) is 13.3. The Balaban J connectivity index is 1.22. The molecule has 0 saturated carbocycles. The summed E-state index contributed by atoms with van der Waals surface area (Å²) in [7, 11) is 0. The van der Waals surface area contributed by atoms with Crippen molar-refractivity contribution in [1.29, 1.82) is 0 Å². The minimum absolute atomic E-state index is 0.0421. The van der Waals surface area contributed by atoms with E-state index in [2.05, 4.69) is 20.2 Å². The molecule has 2 unspecified atom stereocenters. The zero-order chi connectivity index (χ0) is 26.4. The Kier molecular flexibility index (Phi) is 7.81. The van der Waals surface area contributed by atoms with Crippen molar-refractivity contribution >= 4 is 22.6 Å². The van der Waals surface area contributed by atoms with Crippen molar-refractivity contribution < 1.29 is 28.8 Å². The van der Waals surface area contributed by atoms with Gasteiger partial charge in [-0.3, -0.25) is 10.2 Å². The summed E-state index contributed by atoms with van der Waals surface area (Å²) in [4.78, 5) is 10.9. The van der Waals surface area contributed by atoms with Gasteiger partial charge in [0.05, 0.1) is 23.7 Å². The van der Waals surface area contributed by atoms with E-state index >= 15 is 0 Å². The summed E-state index contributed by atoms with van der Waals surface area (Å²) in [6, 6.07) is 1.90. The van der Waals surface area contributed by atoms with Crippen molar-refractivity contribution in [2.24, 2.45) is 0 Å². The zero-order valence-electron chi connectivity index (χ0n) is 22.1. The summed E-state index contributed by atoms with van der Waals surface area (Å²) in [6.07, 6.45) is 2.07. The third-order valence-electron chi connectivity index (χ3n) is 6.77. The number of rotatable bonds is 8. The van der Waals surface area contributed by atoms with Crippen molar-refractivity contribution in [3.63, 3.8) is 0 Å².